The maximum Gasteiger partial charge on any atom is 0.305 e. The fourth-order valence-corrected chi connectivity index (χ4v) is 2.84. The van der Waals surface area contributed by atoms with E-state index in [-0.39, 0.29) is 19.5 Å². The lowest BCUT2D eigenvalue weighted by atomic mass is 9.82. The third-order valence-electron chi connectivity index (χ3n) is 3.52. The summed E-state index contributed by atoms with van der Waals surface area (Å²) in [5.74, 6) is -3.68. The molecule has 0 aromatic rings. The van der Waals surface area contributed by atoms with Gasteiger partial charge >= 0.3 is 5.97 Å². The third kappa shape index (κ3) is 10.1. The van der Waals surface area contributed by atoms with Gasteiger partial charge in [-0.15, -0.1) is 0 Å². The molecule has 0 aliphatic rings. The highest BCUT2D eigenvalue weighted by atomic mass is 32.2. The number of nitrogens with one attached hydrogen (secondary N) is 3. The molecule has 10 N–H and O–H groups in total. The minimum atomic E-state index is -1.35. The van der Waals surface area contributed by atoms with Gasteiger partial charge in [0.2, 0.25) is 23.6 Å². The average Bonchev–Trinajstić information content (AvgIpc) is 2.53. The molecule has 0 aromatic carbocycles. The Balaban J connectivity index is 4.78. The van der Waals surface area contributed by atoms with Gasteiger partial charge in [-0.2, -0.15) is 0 Å². The van der Waals surface area contributed by atoms with Crippen molar-refractivity contribution in [2.75, 3.05) is 13.1 Å². The Bertz CT molecular complexity index is 624. The second kappa shape index (κ2) is 10.8. The van der Waals surface area contributed by atoms with Crippen molar-refractivity contribution < 1.29 is 29.1 Å². The summed E-state index contributed by atoms with van der Waals surface area (Å²) in [6, 6.07) is 0. The van der Waals surface area contributed by atoms with E-state index in [1.54, 1.807) is 13.8 Å². The zero-order chi connectivity index (χ0) is 22.1. The van der Waals surface area contributed by atoms with Gasteiger partial charge in [0, 0.05) is 5.41 Å². The van der Waals surface area contributed by atoms with Crippen LogP contribution in [0.25, 0.3) is 0 Å². The van der Waals surface area contributed by atoms with Crippen LogP contribution in [-0.2, 0) is 24.0 Å². The van der Waals surface area contributed by atoms with Crippen molar-refractivity contribution in [1.82, 2.24) is 16.0 Å². The Morgan fingerprint density at radius 3 is 2.11 bits per heavy atom. The molecule has 12 nitrogen and oxygen atoms in total. The molecule has 0 spiro atoms. The molecule has 2 atom stereocenters. The summed E-state index contributed by atoms with van der Waals surface area (Å²) in [5, 5.41) is 20.2. The zero-order valence-electron chi connectivity index (χ0n) is 16.0. The van der Waals surface area contributed by atoms with Gasteiger partial charge in [0.25, 0.3) is 0 Å². The normalized spacial score (nSPS) is 14.3. The van der Waals surface area contributed by atoms with E-state index in [9.17, 15) is 24.0 Å². The van der Waals surface area contributed by atoms with Crippen LogP contribution < -0.4 is 32.6 Å². The van der Waals surface area contributed by atoms with Gasteiger partial charge < -0.3 is 32.5 Å². The van der Waals surface area contributed by atoms with Gasteiger partial charge in [0.1, 0.15) is 5.25 Å². The number of hydrogen-bond donors (Lipinski definition) is 7. The van der Waals surface area contributed by atoms with Crippen LogP contribution in [0.3, 0.4) is 0 Å². The molecule has 0 aromatic heterocycles. The van der Waals surface area contributed by atoms with Crippen LogP contribution >= 0.6 is 11.9 Å². The first kappa shape index (κ1) is 25.6. The van der Waals surface area contributed by atoms with Crippen molar-refractivity contribution in [3.8, 4) is 0 Å². The van der Waals surface area contributed by atoms with Crippen LogP contribution in [-0.4, -0.2) is 58.7 Å². The first-order valence-electron chi connectivity index (χ1n) is 8.21. The summed E-state index contributed by atoms with van der Waals surface area (Å²) >= 11 is 0.584. The van der Waals surface area contributed by atoms with Crippen LogP contribution in [0.15, 0.2) is 0 Å². The molecule has 0 saturated heterocycles. The van der Waals surface area contributed by atoms with E-state index >= 15 is 0 Å². The van der Waals surface area contributed by atoms with Crippen LogP contribution in [0, 0.1) is 5.41 Å². The summed E-state index contributed by atoms with van der Waals surface area (Å²) in [4.78, 5) is 57.4. The topological polar surface area (TPSA) is 220 Å². The summed E-state index contributed by atoms with van der Waals surface area (Å²) < 4.78 is 0. The summed E-state index contributed by atoms with van der Waals surface area (Å²) in [6.45, 7) is 3.88. The predicted octanol–water partition coefficient (Wildman–Crippen LogP) is -2.64. The smallest absolute Gasteiger partial charge is 0.305 e. The zero-order valence-corrected chi connectivity index (χ0v) is 16.9. The van der Waals surface area contributed by atoms with Gasteiger partial charge in [0.05, 0.1) is 25.2 Å². The number of carboxylic acid groups (broad SMARTS) is 1. The van der Waals surface area contributed by atoms with Gasteiger partial charge in [0.15, 0.2) is 0 Å². The Morgan fingerprint density at radius 1 is 1.07 bits per heavy atom. The largest absolute Gasteiger partial charge is 0.481 e. The number of carbonyl (C=O) groups is 5. The van der Waals surface area contributed by atoms with E-state index < -0.39 is 52.3 Å². The molecule has 160 valence electrons. The Morgan fingerprint density at radius 2 is 1.64 bits per heavy atom. The standard InChI is InChI=1S/C15H28N6O6S/c1-14(2,13(27)20-6-10(23)19-5-9(16)22)7-15(3,17)21-12(26)8(28-18)4-11(24)25/h8H,4-7,17-18H2,1-3H3,(H2,16,22)(H,19,23)(H,20,27)(H,21,26)(H,24,25). The second-order valence-corrected chi connectivity index (χ2v) is 7.96. The minimum Gasteiger partial charge on any atom is -0.481 e. The maximum atomic E-state index is 12.4. The van der Waals surface area contributed by atoms with E-state index in [2.05, 4.69) is 16.0 Å². The molecule has 28 heavy (non-hydrogen) atoms. The number of hydrogen-bond acceptors (Lipinski definition) is 8. The molecule has 0 bridgehead atoms. The van der Waals surface area contributed by atoms with Crippen molar-refractivity contribution in [1.29, 1.82) is 0 Å². The number of aliphatic carboxylic acids is 1. The lowest BCUT2D eigenvalue weighted by Crippen LogP contribution is -2.59. The van der Waals surface area contributed by atoms with Crippen LogP contribution in [0.1, 0.15) is 33.6 Å². The molecule has 0 heterocycles. The average molecular weight is 420 g/mol. The van der Waals surface area contributed by atoms with Gasteiger partial charge in [-0.1, -0.05) is 25.8 Å². The van der Waals surface area contributed by atoms with Crippen molar-refractivity contribution in [3.63, 3.8) is 0 Å². The SMILES string of the molecule is CC(N)(CC(C)(C)C(=O)NCC(=O)NCC(N)=O)NC(=O)C(CC(=O)O)SN. The first-order chi connectivity index (χ1) is 12.7. The predicted molar refractivity (Wildman–Crippen MR) is 102 cm³/mol. The van der Waals surface area contributed by atoms with Gasteiger partial charge in [-0.25, -0.2) is 0 Å². The fourth-order valence-electron chi connectivity index (χ4n) is 2.41. The first-order valence-corrected chi connectivity index (χ1v) is 9.16. The fraction of sp³-hybridized carbons (Fsp3) is 0.667. The van der Waals surface area contributed by atoms with Crippen molar-refractivity contribution in [2.24, 2.45) is 22.0 Å². The van der Waals surface area contributed by atoms with Crippen molar-refractivity contribution in [2.45, 2.75) is 44.5 Å². The van der Waals surface area contributed by atoms with Gasteiger partial charge in [-0.05, 0) is 13.3 Å². The van der Waals surface area contributed by atoms with E-state index in [1.165, 1.54) is 6.92 Å². The lowest BCUT2D eigenvalue weighted by Gasteiger charge is -2.35. The third-order valence-corrected chi connectivity index (χ3v) is 4.23. The highest BCUT2D eigenvalue weighted by Crippen LogP contribution is 2.26. The molecule has 0 aliphatic heterocycles. The number of primary amides is 1. The number of amides is 4. The molecular weight excluding hydrogens is 392 g/mol. The molecule has 4 amide bonds. The highest BCUT2D eigenvalue weighted by Gasteiger charge is 2.37. The number of carboxylic acids is 1. The molecule has 0 radical (unpaired) electrons. The number of nitrogens with two attached hydrogens (primary N) is 3. The Kier molecular flexibility index (Phi) is 9.91. The molecule has 0 rings (SSSR count). The number of carbonyl (C=O) groups excluding carboxylic acids is 4. The van der Waals surface area contributed by atoms with E-state index in [0.717, 1.165) is 0 Å². The summed E-state index contributed by atoms with van der Waals surface area (Å²) in [6.07, 6.45) is -0.497. The molecule has 0 saturated carbocycles. The molecule has 0 fully saturated rings. The molecule has 13 heteroatoms. The number of rotatable bonds is 12. The van der Waals surface area contributed by atoms with Crippen LogP contribution in [0.2, 0.25) is 0 Å². The quantitative estimate of drug-likeness (QED) is 0.129. The van der Waals surface area contributed by atoms with Crippen LogP contribution in [0.4, 0.5) is 0 Å². The van der Waals surface area contributed by atoms with Crippen LogP contribution in [0.5, 0.6) is 0 Å². The minimum absolute atomic E-state index is 0.0183. The monoisotopic (exact) mass is 420 g/mol. The maximum absolute atomic E-state index is 12.4. The Hall–Kier alpha value is -2.38. The lowest BCUT2D eigenvalue weighted by molar-refractivity contribution is -0.138. The molecular formula is C15H28N6O6S. The van der Waals surface area contributed by atoms with Crippen molar-refractivity contribution in [3.05, 3.63) is 0 Å². The van der Waals surface area contributed by atoms with E-state index in [4.69, 9.17) is 21.7 Å². The van der Waals surface area contributed by atoms with Gasteiger partial charge in [-0.3, -0.25) is 29.1 Å². The van der Waals surface area contributed by atoms with Crippen molar-refractivity contribution >= 4 is 41.5 Å². The Labute approximate surface area is 166 Å². The van der Waals surface area contributed by atoms with E-state index in [0.29, 0.717) is 11.9 Å². The second-order valence-electron chi connectivity index (χ2n) is 7.12. The van der Waals surface area contributed by atoms with E-state index in [1.807, 2.05) is 0 Å². The highest BCUT2D eigenvalue weighted by molar-refractivity contribution is 7.98. The summed E-state index contributed by atoms with van der Waals surface area (Å²) in [7, 11) is 0. The summed E-state index contributed by atoms with van der Waals surface area (Å²) in [5.41, 5.74) is 8.53. The molecule has 0 aliphatic carbocycles. The molecule has 2 unspecified atom stereocenters.